The van der Waals surface area contributed by atoms with Gasteiger partial charge in [-0.1, -0.05) is 0 Å². The van der Waals surface area contributed by atoms with E-state index in [1.807, 2.05) is 0 Å². The topological polar surface area (TPSA) is 90.9 Å². The zero-order valence-corrected chi connectivity index (χ0v) is 8.83. The molecule has 1 N–H and O–H groups in total. The van der Waals surface area contributed by atoms with Crippen LogP contribution in [0.25, 0.3) is 0 Å². The van der Waals surface area contributed by atoms with Gasteiger partial charge in [0.2, 0.25) is 0 Å². The number of hydrogen-bond acceptors (Lipinski definition) is 5. The van der Waals surface area contributed by atoms with Crippen LogP contribution in [-0.4, -0.2) is 28.3 Å². The maximum Gasteiger partial charge on any atom is 1.00 e. The third-order valence-electron chi connectivity index (χ3n) is 0.995. The van der Waals surface area contributed by atoms with Crippen molar-refractivity contribution in [2.45, 2.75) is 6.61 Å². The molecule has 0 radical (unpaired) electrons. The van der Waals surface area contributed by atoms with Gasteiger partial charge in [-0.3, -0.25) is 5.10 Å². The van der Waals surface area contributed by atoms with Crippen molar-refractivity contribution >= 4 is 5.97 Å². The van der Waals surface area contributed by atoms with Gasteiger partial charge in [-0.2, -0.15) is 5.10 Å². The largest absolute Gasteiger partial charge is 1.00 e. The molecule has 1 aromatic rings. The second-order valence-electron chi connectivity index (χ2n) is 1.83. The monoisotopic (exact) mass is 179 g/mol. The van der Waals surface area contributed by atoms with Crippen LogP contribution in [0.3, 0.4) is 0 Å². The molecule has 0 amide bonds. The van der Waals surface area contributed by atoms with Crippen molar-refractivity contribution in [2.24, 2.45) is 0 Å². The summed E-state index contributed by atoms with van der Waals surface area (Å²) in [4.78, 5) is 13.7. The summed E-state index contributed by atoms with van der Waals surface area (Å²) < 4.78 is 4.67. The number of hydrogen-bond donors (Lipinski definition) is 1. The molecule has 6 nitrogen and oxygen atoms in total. The summed E-state index contributed by atoms with van der Waals surface area (Å²) in [6, 6.07) is 0. The Morgan fingerprint density at radius 2 is 2.42 bits per heavy atom. The molecule has 0 atom stereocenters. The Labute approximate surface area is 90.6 Å². The van der Waals surface area contributed by atoms with Crippen molar-refractivity contribution in [3.63, 3.8) is 0 Å². The average Bonchev–Trinajstić information content (AvgIpc) is 2.37. The van der Waals surface area contributed by atoms with Gasteiger partial charge in [-0.25, -0.2) is 4.98 Å². The minimum Gasteiger partial charge on any atom is -0.541 e. The summed E-state index contributed by atoms with van der Waals surface area (Å²) in [6.07, 6.45) is 0. The van der Waals surface area contributed by atoms with Crippen LogP contribution in [0, 0.1) is 0 Å². The maximum atomic E-state index is 10.1. The number of nitrogens with zero attached hydrogens (tertiary/aromatic N) is 2. The second kappa shape index (κ2) is 5.26. The van der Waals surface area contributed by atoms with Gasteiger partial charge in [0.15, 0.2) is 11.6 Å². The maximum absolute atomic E-state index is 10.1. The number of H-pyrrole nitrogens is 1. The van der Waals surface area contributed by atoms with Crippen LogP contribution in [-0.2, 0) is 11.3 Å². The van der Waals surface area contributed by atoms with Crippen LogP contribution < -0.4 is 34.7 Å². The summed E-state index contributed by atoms with van der Waals surface area (Å²) in [7, 11) is 1.47. The Morgan fingerprint density at radius 3 is 2.83 bits per heavy atom. The second-order valence-corrected chi connectivity index (χ2v) is 1.83. The fourth-order valence-corrected chi connectivity index (χ4v) is 0.588. The van der Waals surface area contributed by atoms with E-state index in [-0.39, 0.29) is 42.0 Å². The zero-order chi connectivity index (χ0) is 8.27. The van der Waals surface area contributed by atoms with E-state index in [1.54, 1.807) is 0 Å². The third kappa shape index (κ3) is 2.90. The first-order valence-corrected chi connectivity index (χ1v) is 2.85. The van der Waals surface area contributed by atoms with Gasteiger partial charge < -0.3 is 14.6 Å². The third-order valence-corrected chi connectivity index (χ3v) is 0.995. The summed E-state index contributed by atoms with van der Waals surface area (Å²) in [5.74, 6) is -1.38. The van der Waals surface area contributed by atoms with Gasteiger partial charge in [0.1, 0.15) is 12.6 Å². The minimum absolute atomic E-state index is 0. The van der Waals surface area contributed by atoms with Crippen LogP contribution in [0.5, 0.6) is 0 Å². The van der Waals surface area contributed by atoms with E-state index < -0.39 is 5.97 Å². The Morgan fingerprint density at radius 1 is 1.75 bits per heavy atom. The van der Waals surface area contributed by atoms with Crippen LogP contribution in [0.4, 0.5) is 0 Å². The van der Waals surface area contributed by atoms with E-state index in [0.717, 1.165) is 0 Å². The molecule has 7 heteroatoms. The Hall–Kier alpha value is -0.430. The van der Waals surface area contributed by atoms with Crippen molar-refractivity contribution in [3.8, 4) is 0 Å². The Balaban J connectivity index is 0.00000121. The molecule has 1 rings (SSSR count). The molecule has 0 bridgehead atoms. The number of carbonyl (C=O) groups is 1. The number of aromatic carboxylic acids is 1. The predicted molar refractivity (Wildman–Crippen MR) is 31.4 cm³/mol. The van der Waals surface area contributed by atoms with Gasteiger partial charge in [0.05, 0.1) is 0 Å². The Kier molecular flexibility index (Phi) is 5.07. The number of carbonyl (C=O) groups excluding carboxylic acids is 1. The first kappa shape index (κ1) is 11.6. The van der Waals surface area contributed by atoms with Gasteiger partial charge in [-0.15, -0.1) is 0 Å². The van der Waals surface area contributed by atoms with Crippen molar-refractivity contribution in [2.75, 3.05) is 7.11 Å². The standard InChI is InChI=1S/C5H7N3O3.Na/c1-11-2-3-6-4(5(9)10)8-7-3;/h2H2,1H3,(H,9,10)(H,6,7,8);/q;+1/p-1. The average molecular weight is 179 g/mol. The predicted octanol–water partition coefficient (Wildman–Crippen LogP) is -4.68. The van der Waals surface area contributed by atoms with E-state index in [4.69, 9.17) is 0 Å². The molecule has 0 aliphatic rings. The quantitative estimate of drug-likeness (QED) is 0.471. The summed E-state index contributed by atoms with van der Waals surface area (Å²) >= 11 is 0. The number of methoxy groups -OCH3 is 1. The van der Waals surface area contributed by atoms with Gasteiger partial charge >= 0.3 is 29.6 Å². The van der Waals surface area contributed by atoms with Crippen LogP contribution in [0.1, 0.15) is 16.4 Å². The van der Waals surface area contributed by atoms with Crippen molar-refractivity contribution in [1.29, 1.82) is 0 Å². The molecule has 1 aromatic heterocycles. The van der Waals surface area contributed by atoms with E-state index in [0.29, 0.717) is 5.82 Å². The fraction of sp³-hybridized carbons (Fsp3) is 0.400. The van der Waals surface area contributed by atoms with Crippen molar-refractivity contribution < 1.29 is 44.2 Å². The minimum atomic E-state index is -1.40. The molecular weight excluding hydrogens is 173 g/mol. The molecule has 0 aliphatic carbocycles. The summed E-state index contributed by atoms with van der Waals surface area (Å²) in [5, 5.41) is 15.9. The molecule has 0 saturated heterocycles. The summed E-state index contributed by atoms with van der Waals surface area (Å²) in [5.41, 5.74) is 0. The summed E-state index contributed by atoms with van der Waals surface area (Å²) in [6.45, 7) is 0.209. The van der Waals surface area contributed by atoms with E-state index in [2.05, 4.69) is 19.9 Å². The Bertz CT molecular complexity index is 262. The normalized spacial score (nSPS) is 9.08. The molecule has 1 heterocycles. The number of carboxylic acid groups (broad SMARTS) is 1. The first-order valence-electron chi connectivity index (χ1n) is 2.85. The van der Waals surface area contributed by atoms with Gasteiger partial charge in [0.25, 0.3) is 0 Å². The fourth-order valence-electron chi connectivity index (χ4n) is 0.588. The SMILES string of the molecule is COCc1nc(C(=O)[O-])n[nH]1.[Na+]. The van der Waals surface area contributed by atoms with E-state index in [9.17, 15) is 9.90 Å². The zero-order valence-electron chi connectivity index (χ0n) is 6.83. The van der Waals surface area contributed by atoms with Gasteiger partial charge in [0, 0.05) is 7.11 Å². The van der Waals surface area contributed by atoms with E-state index in [1.165, 1.54) is 7.11 Å². The van der Waals surface area contributed by atoms with Gasteiger partial charge in [-0.05, 0) is 0 Å². The molecule has 0 aliphatic heterocycles. The molecule has 0 unspecified atom stereocenters. The molecule has 12 heavy (non-hydrogen) atoms. The number of aromatic amines is 1. The first-order chi connectivity index (χ1) is 5.24. The molecular formula is C5H6N3NaO3. The van der Waals surface area contributed by atoms with Crippen LogP contribution in [0.15, 0.2) is 0 Å². The van der Waals surface area contributed by atoms with Crippen LogP contribution in [0.2, 0.25) is 0 Å². The molecule has 60 valence electrons. The van der Waals surface area contributed by atoms with Crippen molar-refractivity contribution in [1.82, 2.24) is 15.2 Å². The molecule has 0 fully saturated rings. The molecule has 0 saturated carbocycles. The number of carboxylic acids is 1. The molecule has 0 spiro atoms. The van der Waals surface area contributed by atoms with E-state index >= 15 is 0 Å². The molecule has 0 aromatic carbocycles. The van der Waals surface area contributed by atoms with Crippen LogP contribution >= 0.6 is 0 Å². The number of rotatable bonds is 3. The number of ether oxygens (including phenoxy) is 1. The number of aromatic nitrogens is 3. The number of nitrogens with one attached hydrogen (secondary N) is 1. The smallest absolute Gasteiger partial charge is 0.541 e. The van der Waals surface area contributed by atoms with Crippen molar-refractivity contribution in [3.05, 3.63) is 11.6 Å².